The van der Waals surface area contributed by atoms with E-state index in [0.717, 1.165) is 43.8 Å². The number of fused-ring (bicyclic) bond motifs is 5. The Hall–Kier alpha value is -6.12. The Morgan fingerprint density at radius 2 is 0.681 bits per heavy atom. The highest BCUT2D eigenvalue weighted by molar-refractivity contribution is 6.06. The van der Waals surface area contributed by atoms with E-state index in [1.54, 1.807) is 0 Å². The van der Waals surface area contributed by atoms with Gasteiger partial charge in [0, 0.05) is 10.8 Å². The van der Waals surface area contributed by atoms with Gasteiger partial charge < -0.3 is 10.2 Å². The minimum Gasteiger partial charge on any atom is -0.507 e. The van der Waals surface area contributed by atoms with Crippen molar-refractivity contribution < 1.29 is 10.2 Å². The maximum Gasteiger partial charge on any atom is 0.123 e. The van der Waals surface area contributed by atoms with Crippen LogP contribution in [0.25, 0.3) is 54.9 Å². The maximum atomic E-state index is 11.1. The predicted molar refractivity (Wildman–Crippen MR) is 193 cm³/mol. The number of phenols is 2. The summed E-state index contributed by atoms with van der Waals surface area (Å²) in [5.74, 6) is 0.508. The first-order chi connectivity index (χ1) is 23.2. The maximum absolute atomic E-state index is 11.1. The number of hydrogen-bond acceptors (Lipinski definition) is 2. The van der Waals surface area contributed by atoms with Gasteiger partial charge in [-0.25, -0.2) is 0 Å². The van der Waals surface area contributed by atoms with E-state index in [0.29, 0.717) is 0 Å². The summed E-state index contributed by atoms with van der Waals surface area (Å²) in [5.41, 5.74) is 10.7. The first kappa shape index (κ1) is 27.2. The Labute approximate surface area is 273 Å². The molecule has 0 aliphatic heterocycles. The van der Waals surface area contributed by atoms with Gasteiger partial charge in [-0.2, -0.15) is 0 Å². The summed E-state index contributed by atoms with van der Waals surface area (Å²) in [5, 5.41) is 25.9. The van der Waals surface area contributed by atoms with Gasteiger partial charge in [-0.05, 0) is 78.5 Å². The molecule has 0 aromatic heterocycles. The molecule has 0 amide bonds. The Bertz CT molecular complexity index is 2300. The summed E-state index contributed by atoms with van der Waals surface area (Å²) in [6.07, 6.45) is 0. The van der Waals surface area contributed by atoms with Crippen LogP contribution >= 0.6 is 0 Å². The third-order valence-electron chi connectivity index (χ3n) is 9.97. The van der Waals surface area contributed by atoms with Crippen molar-refractivity contribution in [1.29, 1.82) is 0 Å². The normalized spacial score (nSPS) is 13.0. The summed E-state index contributed by atoms with van der Waals surface area (Å²) < 4.78 is 0. The van der Waals surface area contributed by atoms with Crippen LogP contribution in [0.1, 0.15) is 22.3 Å². The number of hydrogen-bond donors (Lipinski definition) is 2. The molecule has 222 valence electrons. The fraction of sp³-hybridized carbons (Fsp3) is 0.0222. The minimum absolute atomic E-state index is 0.254. The zero-order chi connectivity index (χ0) is 31.5. The summed E-state index contributed by atoms with van der Waals surface area (Å²) >= 11 is 0. The number of aromatic hydroxyl groups is 2. The van der Waals surface area contributed by atoms with Gasteiger partial charge in [-0.3, -0.25) is 0 Å². The summed E-state index contributed by atoms with van der Waals surface area (Å²) in [6.45, 7) is 0. The quantitative estimate of drug-likeness (QED) is 0.210. The largest absolute Gasteiger partial charge is 0.507 e. The first-order valence-electron chi connectivity index (χ1n) is 16.0. The topological polar surface area (TPSA) is 40.5 Å². The van der Waals surface area contributed by atoms with Crippen LogP contribution < -0.4 is 0 Å². The molecule has 0 saturated heterocycles. The molecule has 1 aliphatic carbocycles. The van der Waals surface area contributed by atoms with E-state index < -0.39 is 5.41 Å². The van der Waals surface area contributed by atoms with Gasteiger partial charge in [0.2, 0.25) is 0 Å². The van der Waals surface area contributed by atoms with Crippen LogP contribution in [0.15, 0.2) is 170 Å². The first-order valence-corrected chi connectivity index (χ1v) is 16.0. The Morgan fingerprint density at radius 1 is 0.298 bits per heavy atom. The summed E-state index contributed by atoms with van der Waals surface area (Å²) in [7, 11) is 0. The van der Waals surface area contributed by atoms with Crippen LogP contribution in [-0.2, 0) is 5.41 Å². The molecule has 0 bridgehead atoms. The number of phenolic OH excluding ortho intramolecular Hbond substituents is 2. The second-order valence-corrected chi connectivity index (χ2v) is 12.3. The third kappa shape index (κ3) is 3.85. The van der Waals surface area contributed by atoms with Gasteiger partial charge >= 0.3 is 0 Å². The lowest BCUT2D eigenvalue weighted by Gasteiger charge is -2.36. The van der Waals surface area contributed by atoms with Gasteiger partial charge in [-0.15, -0.1) is 0 Å². The molecule has 0 fully saturated rings. The standard InChI is InChI=1S/C45H30O2/c46-41-27-25-37(33-17-7-9-19-35(33)41)45(38-26-28-42(47)36-20-10-8-18-34(36)38)39-23-11-21-31(29-13-3-1-4-14-29)43(39)44-32(22-12-24-40(44)45)30-15-5-2-6-16-30/h1-28,46-47H. The highest BCUT2D eigenvalue weighted by atomic mass is 16.3. The summed E-state index contributed by atoms with van der Waals surface area (Å²) in [6, 6.07) is 58.8. The molecule has 2 heteroatoms. The van der Waals surface area contributed by atoms with E-state index >= 15 is 0 Å². The fourth-order valence-electron chi connectivity index (χ4n) is 8.08. The van der Waals surface area contributed by atoms with Crippen molar-refractivity contribution in [3.05, 3.63) is 192 Å². The Morgan fingerprint density at radius 3 is 1.11 bits per heavy atom. The van der Waals surface area contributed by atoms with Crippen molar-refractivity contribution in [3.63, 3.8) is 0 Å². The molecule has 47 heavy (non-hydrogen) atoms. The predicted octanol–water partition coefficient (Wildman–Crippen LogP) is 11.1. The lowest BCUT2D eigenvalue weighted by Crippen LogP contribution is -2.29. The van der Waals surface area contributed by atoms with E-state index in [1.165, 1.54) is 33.4 Å². The molecular weight excluding hydrogens is 572 g/mol. The van der Waals surface area contributed by atoms with E-state index in [9.17, 15) is 10.2 Å². The lowest BCUT2D eigenvalue weighted by molar-refractivity contribution is 0.481. The second-order valence-electron chi connectivity index (χ2n) is 12.3. The van der Waals surface area contributed by atoms with Crippen LogP contribution in [0.3, 0.4) is 0 Å². The van der Waals surface area contributed by atoms with Crippen molar-refractivity contribution in [2.45, 2.75) is 5.41 Å². The third-order valence-corrected chi connectivity index (χ3v) is 9.97. The van der Waals surface area contributed by atoms with Crippen LogP contribution in [0.2, 0.25) is 0 Å². The lowest BCUT2D eigenvalue weighted by atomic mass is 9.65. The number of benzene rings is 8. The smallest absolute Gasteiger partial charge is 0.123 e. The summed E-state index contributed by atoms with van der Waals surface area (Å²) in [4.78, 5) is 0. The molecule has 0 unspecified atom stereocenters. The molecule has 0 saturated carbocycles. The highest BCUT2D eigenvalue weighted by Gasteiger charge is 2.49. The van der Waals surface area contributed by atoms with E-state index in [1.807, 2.05) is 48.5 Å². The molecule has 2 N–H and O–H groups in total. The van der Waals surface area contributed by atoms with Crippen molar-refractivity contribution >= 4 is 21.5 Å². The molecule has 0 radical (unpaired) electrons. The van der Waals surface area contributed by atoms with E-state index in [4.69, 9.17) is 0 Å². The van der Waals surface area contributed by atoms with Gasteiger partial charge in [0.05, 0.1) is 5.41 Å². The fourth-order valence-corrected chi connectivity index (χ4v) is 8.08. The Balaban J connectivity index is 1.55. The average Bonchev–Trinajstić information content (AvgIpc) is 3.44. The SMILES string of the molecule is Oc1ccc(C2(c3ccc(O)c4ccccc34)c3cccc(-c4ccccc4)c3-c3c(-c4ccccc4)cccc32)c2ccccc12. The van der Waals surface area contributed by atoms with E-state index in [2.05, 4.69) is 121 Å². The average molecular weight is 603 g/mol. The van der Waals surface area contributed by atoms with Crippen molar-refractivity contribution in [2.75, 3.05) is 0 Å². The second kappa shape index (κ2) is 10.5. The molecule has 2 nitrogen and oxygen atoms in total. The van der Waals surface area contributed by atoms with Gasteiger partial charge in [-0.1, -0.05) is 158 Å². The molecular formula is C45H30O2. The number of rotatable bonds is 4. The zero-order valence-electron chi connectivity index (χ0n) is 25.6. The molecule has 0 atom stereocenters. The van der Waals surface area contributed by atoms with Crippen molar-refractivity contribution in [3.8, 4) is 44.9 Å². The van der Waals surface area contributed by atoms with Gasteiger partial charge in [0.15, 0.2) is 0 Å². The molecule has 0 spiro atoms. The van der Waals surface area contributed by atoms with Crippen molar-refractivity contribution in [1.82, 2.24) is 0 Å². The van der Waals surface area contributed by atoms with Gasteiger partial charge in [0.25, 0.3) is 0 Å². The van der Waals surface area contributed by atoms with Crippen LogP contribution in [0.4, 0.5) is 0 Å². The van der Waals surface area contributed by atoms with E-state index in [-0.39, 0.29) is 11.5 Å². The molecule has 1 aliphatic rings. The highest BCUT2D eigenvalue weighted by Crippen LogP contribution is 2.62. The monoisotopic (exact) mass is 602 g/mol. The van der Waals surface area contributed by atoms with Crippen LogP contribution in [0.5, 0.6) is 11.5 Å². The van der Waals surface area contributed by atoms with Gasteiger partial charge in [0.1, 0.15) is 11.5 Å². The van der Waals surface area contributed by atoms with Crippen molar-refractivity contribution in [2.24, 2.45) is 0 Å². The molecule has 9 rings (SSSR count). The zero-order valence-corrected chi connectivity index (χ0v) is 25.6. The van der Waals surface area contributed by atoms with Crippen LogP contribution in [-0.4, -0.2) is 10.2 Å². The molecule has 8 aromatic rings. The van der Waals surface area contributed by atoms with Crippen LogP contribution in [0, 0.1) is 0 Å². The minimum atomic E-state index is -0.791. The Kier molecular flexibility index (Phi) is 6.06. The molecule has 0 heterocycles. The molecule has 8 aromatic carbocycles.